The third kappa shape index (κ3) is 3.45. The van der Waals surface area contributed by atoms with E-state index in [0.717, 1.165) is 14.2 Å². The second-order valence-electron chi connectivity index (χ2n) is 3.97. The van der Waals surface area contributed by atoms with Crippen LogP contribution in [0.3, 0.4) is 0 Å². The zero-order valence-corrected chi connectivity index (χ0v) is 14.2. The van der Waals surface area contributed by atoms with E-state index in [4.69, 9.17) is 5.73 Å². The maximum absolute atomic E-state index is 12.4. The number of thiophene rings is 2. The molecule has 2 aromatic heterocycles. The van der Waals surface area contributed by atoms with Crippen molar-refractivity contribution in [2.45, 2.75) is 18.0 Å². The second kappa shape index (κ2) is 6.02. The van der Waals surface area contributed by atoms with Crippen LogP contribution in [0.25, 0.3) is 0 Å². The van der Waals surface area contributed by atoms with E-state index in [1.165, 1.54) is 15.6 Å². The molecule has 0 saturated heterocycles. The lowest BCUT2D eigenvalue weighted by atomic mass is 10.3. The average Bonchev–Trinajstić information content (AvgIpc) is 2.98. The Balaban J connectivity index is 2.19. The Labute approximate surface area is 129 Å². The van der Waals surface area contributed by atoms with E-state index in [-0.39, 0.29) is 0 Å². The lowest BCUT2D eigenvalue weighted by Crippen LogP contribution is -2.25. The second-order valence-corrected chi connectivity index (χ2v) is 9.30. The van der Waals surface area contributed by atoms with Gasteiger partial charge in [0.05, 0.1) is 8.68 Å². The number of hydrogen-bond donors (Lipinski definition) is 1. The Bertz CT molecular complexity index is 663. The summed E-state index contributed by atoms with van der Waals surface area (Å²) in [4.78, 5) is 1.18. The maximum atomic E-state index is 12.4. The van der Waals surface area contributed by atoms with Gasteiger partial charge in [0.1, 0.15) is 0 Å². The summed E-state index contributed by atoms with van der Waals surface area (Å²) in [6, 6.07) is 3.57. The number of nitrogens with zero attached hydrogens (tertiary/aromatic N) is 1. The van der Waals surface area contributed by atoms with Gasteiger partial charge >= 0.3 is 0 Å². The van der Waals surface area contributed by atoms with Crippen LogP contribution in [0.4, 0.5) is 0 Å². The first-order valence-electron chi connectivity index (χ1n) is 5.40. The van der Waals surface area contributed by atoms with Crippen molar-refractivity contribution in [3.63, 3.8) is 0 Å². The lowest BCUT2D eigenvalue weighted by molar-refractivity contribution is 0.467. The monoisotopic (exact) mass is 380 g/mol. The minimum absolute atomic E-state index is 0.315. The van der Waals surface area contributed by atoms with Gasteiger partial charge in [-0.25, -0.2) is 8.42 Å². The van der Waals surface area contributed by atoms with Gasteiger partial charge in [-0.1, -0.05) is 0 Å². The van der Waals surface area contributed by atoms with Crippen molar-refractivity contribution in [1.29, 1.82) is 0 Å². The Morgan fingerprint density at radius 1 is 1.32 bits per heavy atom. The van der Waals surface area contributed by atoms with Crippen LogP contribution in [0.5, 0.6) is 0 Å². The molecule has 8 heteroatoms. The van der Waals surface area contributed by atoms with Crippen LogP contribution < -0.4 is 5.73 Å². The van der Waals surface area contributed by atoms with E-state index in [2.05, 4.69) is 15.9 Å². The normalized spacial score (nSPS) is 12.2. The minimum Gasteiger partial charge on any atom is -0.326 e. The fourth-order valence-electron chi connectivity index (χ4n) is 1.55. The van der Waals surface area contributed by atoms with E-state index in [1.807, 2.05) is 11.4 Å². The topological polar surface area (TPSA) is 63.4 Å². The van der Waals surface area contributed by atoms with Crippen LogP contribution in [0.2, 0.25) is 0 Å². The minimum atomic E-state index is -3.44. The molecule has 2 N–H and O–H groups in total. The van der Waals surface area contributed by atoms with E-state index in [9.17, 15) is 8.42 Å². The maximum Gasteiger partial charge on any atom is 0.243 e. The SMILES string of the molecule is CN(Cc1csc(Br)c1)S(=O)(=O)c1csc(CN)c1. The van der Waals surface area contributed by atoms with Crippen LogP contribution in [0.1, 0.15) is 10.4 Å². The van der Waals surface area contributed by atoms with Gasteiger partial charge < -0.3 is 5.73 Å². The standard InChI is InChI=1S/C11H13BrN2O2S3/c1-14(5-8-2-11(12)18-6-8)19(15,16)10-3-9(4-13)17-7-10/h2-3,6-7H,4-5,13H2,1H3. The van der Waals surface area contributed by atoms with Gasteiger partial charge in [0.15, 0.2) is 0 Å². The highest BCUT2D eigenvalue weighted by Crippen LogP contribution is 2.25. The number of halogens is 1. The van der Waals surface area contributed by atoms with Gasteiger partial charge in [-0.3, -0.25) is 0 Å². The highest BCUT2D eigenvalue weighted by molar-refractivity contribution is 9.11. The molecule has 104 valence electrons. The van der Waals surface area contributed by atoms with E-state index >= 15 is 0 Å². The summed E-state index contributed by atoms with van der Waals surface area (Å²) in [6.07, 6.45) is 0. The number of sulfonamides is 1. The highest BCUT2D eigenvalue weighted by Gasteiger charge is 2.22. The molecule has 2 rings (SSSR count). The van der Waals surface area contributed by atoms with Gasteiger partial charge in [-0.05, 0) is 39.0 Å². The molecule has 0 bridgehead atoms. The predicted molar refractivity (Wildman–Crippen MR) is 82.9 cm³/mol. The van der Waals surface area contributed by atoms with E-state index in [0.29, 0.717) is 18.0 Å². The van der Waals surface area contributed by atoms with Gasteiger partial charge in [0.2, 0.25) is 10.0 Å². The van der Waals surface area contributed by atoms with Crippen molar-refractivity contribution in [3.05, 3.63) is 37.1 Å². The molecule has 0 aliphatic rings. The van der Waals surface area contributed by atoms with E-state index < -0.39 is 10.0 Å². The van der Waals surface area contributed by atoms with Crippen molar-refractivity contribution < 1.29 is 8.42 Å². The zero-order valence-electron chi connectivity index (χ0n) is 10.2. The van der Waals surface area contributed by atoms with Crippen molar-refractivity contribution in [2.24, 2.45) is 5.73 Å². The smallest absolute Gasteiger partial charge is 0.243 e. The van der Waals surface area contributed by atoms with E-state index in [1.54, 1.807) is 29.8 Å². The summed E-state index contributed by atoms with van der Waals surface area (Å²) >= 11 is 6.28. The Kier molecular flexibility index (Phi) is 4.80. The van der Waals surface area contributed by atoms with Gasteiger partial charge in [0.25, 0.3) is 0 Å². The summed E-state index contributed by atoms with van der Waals surface area (Å²) < 4.78 is 27.1. The molecule has 19 heavy (non-hydrogen) atoms. The molecule has 0 aliphatic carbocycles. The molecule has 0 atom stereocenters. The average molecular weight is 381 g/mol. The molecule has 0 fully saturated rings. The van der Waals surface area contributed by atoms with Crippen molar-refractivity contribution >= 4 is 48.6 Å². The molecule has 0 spiro atoms. The number of rotatable bonds is 5. The summed E-state index contributed by atoms with van der Waals surface area (Å²) in [5.74, 6) is 0. The molecule has 0 amide bonds. The predicted octanol–water partition coefficient (Wildman–Crippen LogP) is 2.85. The summed E-state index contributed by atoms with van der Waals surface area (Å²) in [6.45, 7) is 0.722. The molecule has 4 nitrogen and oxygen atoms in total. The van der Waals surface area contributed by atoms with Crippen molar-refractivity contribution in [2.75, 3.05) is 7.05 Å². The quantitative estimate of drug-likeness (QED) is 0.866. The molecule has 2 aromatic rings. The molecule has 0 saturated carbocycles. The van der Waals surface area contributed by atoms with Crippen molar-refractivity contribution in [1.82, 2.24) is 4.31 Å². The van der Waals surface area contributed by atoms with Crippen molar-refractivity contribution in [3.8, 4) is 0 Å². The highest BCUT2D eigenvalue weighted by atomic mass is 79.9. The molecule has 0 aromatic carbocycles. The Morgan fingerprint density at radius 3 is 2.58 bits per heavy atom. The summed E-state index contributed by atoms with van der Waals surface area (Å²) in [7, 11) is -1.86. The van der Waals surface area contributed by atoms with Gasteiger partial charge in [0, 0.05) is 30.4 Å². The number of nitrogens with two attached hydrogens (primary N) is 1. The third-order valence-corrected chi connectivity index (χ3v) is 7.01. The molecule has 0 unspecified atom stereocenters. The fourth-order valence-corrected chi connectivity index (χ4v) is 5.06. The van der Waals surface area contributed by atoms with Crippen LogP contribution in [0.15, 0.2) is 31.6 Å². The zero-order chi connectivity index (χ0) is 14.0. The number of hydrogen-bond acceptors (Lipinski definition) is 5. The van der Waals surface area contributed by atoms with Gasteiger partial charge in [-0.2, -0.15) is 4.31 Å². The van der Waals surface area contributed by atoms with Crippen LogP contribution in [-0.4, -0.2) is 19.8 Å². The molecule has 0 radical (unpaired) electrons. The van der Waals surface area contributed by atoms with Crippen LogP contribution in [0, 0.1) is 0 Å². The van der Waals surface area contributed by atoms with Gasteiger partial charge in [-0.15, -0.1) is 22.7 Å². The summed E-state index contributed by atoms with van der Waals surface area (Å²) in [5.41, 5.74) is 6.48. The molecule has 0 aliphatic heterocycles. The fraction of sp³-hybridized carbons (Fsp3) is 0.273. The Hall–Kier alpha value is -0.250. The van der Waals surface area contributed by atoms with Crippen LogP contribution in [-0.2, 0) is 23.1 Å². The first kappa shape index (κ1) is 15.1. The first-order valence-corrected chi connectivity index (χ1v) is 9.39. The van der Waals surface area contributed by atoms with Crippen LogP contribution >= 0.6 is 38.6 Å². The largest absolute Gasteiger partial charge is 0.326 e. The lowest BCUT2D eigenvalue weighted by Gasteiger charge is -2.15. The molecular formula is C11H13BrN2O2S3. The first-order chi connectivity index (χ1) is 8.93. The third-order valence-electron chi connectivity index (χ3n) is 2.57. The summed E-state index contributed by atoms with van der Waals surface area (Å²) in [5, 5.41) is 3.58. The Morgan fingerprint density at radius 2 is 2.05 bits per heavy atom. The molecular weight excluding hydrogens is 368 g/mol. The molecule has 2 heterocycles.